The van der Waals surface area contributed by atoms with Crippen LogP contribution in [0.15, 0.2) is 53.1 Å². The van der Waals surface area contributed by atoms with Crippen LogP contribution in [-0.4, -0.2) is 14.8 Å². The van der Waals surface area contributed by atoms with E-state index in [1.807, 2.05) is 0 Å². The predicted molar refractivity (Wildman–Crippen MR) is 95.5 cm³/mol. The Morgan fingerprint density at radius 1 is 1.15 bits per heavy atom. The van der Waals surface area contributed by atoms with Gasteiger partial charge in [-0.25, -0.2) is 9.67 Å². The average molecular weight is 392 g/mol. The van der Waals surface area contributed by atoms with Gasteiger partial charge in [-0.15, -0.1) is 0 Å². The molecule has 3 heterocycles. The van der Waals surface area contributed by atoms with E-state index < -0.39 is 11.7 Å². The lowest BCUT2D eigenvalue weighted by Crippen LogP contribution is -2.08. The van der Waals surface area contributed by atoms with Gasteiger partial charge in [0.05, 0.1) is 29.5 Å². The topological polar surface area (TPSA) is 43.9 Å². The standard InChI is InChI=1S/C19H13ClF3N3O/c1-11-17-14(19(21,22)23)9-15(16-3-2-8-27-16)24-18(17)26(25-11)10-12-4-6-13(20)7-5-12/h2-9H,10H2,1H3. The third-order valence-electron chi connectivity index (χ3n) is 4.20. The molecule has 4 nitrogen and oxygen atoms in total. The van der Waals surface area contributed by atoms with E-state index >= 15 is 0 Å². The van der Waals surface area contributed by atoms with Crippen LogP contribution in [0.1, 0.15) is 16.8 Å². The molecule has 0 saturated carbocycles. The highest BCUT2D eigenvalue weighted by Crippen LogP contribution is 2.38. The van der Waals surface area contributed by atoms with Crippen molar-refractivity contribution in [3.05, 3.63) is 70.6 Å². The predicted octanol–water partition coefficient (Wildman–Crippen LogP) is 5.72. The lowest BCUT2D eigenvalue weighted by molar-refractivity contribution is -0.136. The van der Waals surface area contributed by atoms with Gasteiger partial charge in [-0.05, 0) is 42.8 Å². The maximum Gasteiger partial charge on any atom is 0.417 e. The molecule has 4 aromatic rings. The first-order valence-electron chi connectivity index (χ1n) is 8.06. The number of hydrogen-bond donors (Lipinski definition) is 0. The van der Waals surface area contributed by atoms with Gasteiger partial charge in [0, 0.05) is 5.02 Å². The number of aromatic nitrogens is 3. The maximum absolute atomic E-state index is 13.7. The number of nitrogens with zero attached hydrogens (tertiary/aromatic N) is 3. The molecule has 138 valence electrons. The number of fused-ring (bicyclic) bond motifs is 1. The number of alkyl halides is 3. The van der Waals surface area contributed by atoms with Crippen LogP contribution in [-0.2, 0) is 12.7 Å². The number of furan rings is 1. The maximum atomic E-state index is 13.7. The third-order valence-corrected chi connectivity index (χ3v) is 4.45. The van der Waals surface area contributed by atoms with E-state index in [-0.39, 0.29) is 34.7 Å². The summed E-state index contributed by atoms with van der Waals surface area (Å²) in [5.41, 5.74) is 0.604. The molecule has 3 aromatic heterocycles. The fourth-order valence-corrected chi connectivity index (χ4v) is 3.13. The van der Waals surface area contributed by atoms with Crippen molar-refractivity contribution in [2.45, 2.75) is 19.6 Å². The monoisotopic (exact) mass is 391 g/mol. The molecule has 0 bridgehead atoms. The van der Waals surface area contributed by atoms with Gasteiger partial charge in [0.1, 0.15) is 5.69 Å². The number of aryl methyl sites for hydroxylation is 1. The second-order valence-corrected chi connectivity index (χ2v) is 6.53. The van der Waals surface area contributed by atoms with Crippen molar-refractivity contribution in [1.82, 2.24) is 14.8 Å². The van der Waals surface area contributed by atoms with Gasteiger partial charge in [-0.1, -0.05) is 23.7 Å². The molecule has 0 spiro atoms. The fraction of sp³-hybridized carbons (Fsp3) is 0.158. The zero-order valence-electron chi connectivity index (χ0n) is 14.1. The molecule has 0 radical (unpaired) electrons. The van der Waals surface area contributed by atoms with E-state index in [0.29, 0.717) is 5.02 Å². The molecule has 0 unspecified atom stereocenters. The van der Waals surface area contributed by atoms with Crippen molar-refractivity contribution < 1.29 is 17.6 Å². The van der Waals surface area contributed by atoms with Crippen molar-refractivity contribution in [2.75, 3.05) is 0 Å². The molecule has 1 aromatic carbocycles. The van der Waals surface area contributed by atoms with Crippen molar-refractivity contribution >= 4 is 22.6 Å². The molecule has 0 aliphatic heterocycles. The molecule has 4 rings (SSSR count). The van der Waals surface area contributed by atoms with Crippen molar-refractivity contribution in [3.63, 3.8) is 0 Å². The minimum atomic E-state index is -4.54. The Balaban J connectivity index is 1.93. The molecule has 0 amide bonds. The lowest BCUT2D eigenvalue weighted by atomic mass is 10.1. The SMILES string of the molecule is Cc1nn(Cc2ccc(Cl)cc2)c2nc(-c3ccco3)cc(C(F)(F)F)c12. The Labute approximate surface area is 157 Å². The summed E-state index contributed by atoms with van der Waals surface area (Å²) in [6.07, 6.45) is -3.15. The molecule has 0 aliphatic rings. The van der Waals surface area contributed by atoms with Crippen LogP contribution < -0.4 is 0 Å². The van der Waals surface area contributed by atoms with E-state index in [1.54, 1.807) is 43.3 Å². The molecule has 0 N–H and O–H groups in total. The molecular formula is C19H13ClF3N3O. The Bertz CT molecular complexity index is 1100. The Kier molecular flexibility index (Phi) is 4.19. The zero-order valence-corrected chi connectivity index (χ0v) is 14.8. The molecule has 0 saturated heterocycles. The summed E-state index contributed by atoms with van der Waals surface area (Å²) in [5, 5.41) is 4.87. The van der Waals surface area contributed by atoms with Gasteiger partial charge in [-0.2, -0.15) is 18.3 Å². The normalized spacial score (nSPS) is 12.0. The summed E-state index contributed by atoms with van der Waals surface area (Å²) in [7, 11) is 0. The van der Waals surface area contributed by atoms with Gasteiger partial charge in [0.2, 0.25) is 0 Å². The van der Waals surface area contributed by atoms with Gasteiger partial charge < -0.3 is 4.42 Å². The number of halogens is 4. The Hall–Kier alpha value is -2.80. The van der Waals surface area contributed by atoms with E-state index in [0.717, 1.165) is 11.6 Å². The first kappa shape index (κ1) is 17.6. The minimum Gasteiger partial charge on any atom is -0.463 e. The van der Waals surface area contributed by atoms with E-state index in [1.165, 1.54) is 10.9 Å². The second-order valence-electron chi connectivity index (χ2n) is 6.10. The molecule has 0 aliphatic carbocycles. The summed E-state index contributed by atoms with van der Waals surface area (Å²) >= 11 is 5.89. The third kappa shape index (κ3) is 3.30. The molecule has 27 heavy (non-hydrogen) atoms. The summed E-state index contributed by atoms with van der Waals surface area (Å²) in [6.45, 7) is 1.82. The molecule has 0 fully saturated rings. The average Bonchev–Trinajstić information content (AvgIpc) is 3.25. The van der Waals surface area contributed by atoms with Crippen LogP contribution in [0.5, 0.6) is 0 Å². The Morgan fingerprint density at radius 3 is 2.52 bits per heavy atom. The van der Waals surface area contributed by atoms with Gasteiger partial charge in [0.25, 0.3) is 0 Å². The summed E-state index contributed by atoms with van der Waals surface area (Å²) in [5.74, 6) is 0.263. The Morgan fingerprint density at radius 2 is 1.89 bits per heavy atom. The van der Waals surface area contributed by atoms with E-state index in [9.17, 15) is 13.2 Å². The highest BCUT2D eigenvalue weighted by Gasteiger charge is 2.36. The highest BCUT2D eigenvalue weighted by molar-refractivity contribution is 6.30. The highest BCUT2D eigenvalue weighted by atomic mass is 35.5. The lowest BCUT2D eigenvalue weighted by Gasteiger charge is -2.11. The van der Waals surface area contributed by atoms with Crippen molar-refractivity contribution in [1.29, 1.82) is 0 Å². The van der Waals surface area contributed by atoms with Gasteiger partial charge in [0.15, 0.2) is 11.4 Å². The van der Waals surface area contributed by atoms with E-state index in [4.69, 9.17) is 16.0 Å². The molecule has 8 heteroatoms. The first-order valence-corrected chi connectivity index (χ1v) is 8.44. The number of rotatable bonds is 3. The van der Waals surface area contributed by atoms with Crippen LogP contribution >= 0.6 is 11.6 Å². The molecular weight excluding hydrogens is 379 g/mol. The molecule has 0 atom stereocenters. The van der Waals surface area contributed by atoms with Gasteiger partial charge in [-0.3, -0.25) is 0 Å². The largest absolute Gasteiger partial charge is 0.463 e. The summed E-state index contributed by atoms with van der Waals surface area (Å²) in [4.78, 5) is 4.41. The quantitative estimate of drug-likeness (QED) is 0.448. The van der Waals surface area contributed by atoms with Crippen LogP contribution in [0, 0.1) is 6.92 Å². The van der Waals surface area contributed by atoms with Crippen LogP contribution in [0.4, 0.5) is 13.2 Å². The van der Waals surface area contributed by atoms with Crippen LogP contribution in [0.25, 0.3) is 22.5 Å². The number of benzene rings is 1. The summed E-state index contributed by atoms with van der Waals surface area (Å²) in [6, 6.07) is 11.2. The van der Waals surface area contributed by atoms with Crippen molar-refractivity contribution in [2.24, 2.45) is 0 Å². The smallest absolute Gasteiger partial charge is 0.417 e. The van der Waals surface area contributed by atoms with Crippen LogP contribution in [0.2, 0.25) is 5.02 Å². The number of pyridine rings is 1. The fourth-order valence-electron chi connectivity index (χ4n) is 3.00. The van der Waals surface area contributed by atoms with Gasteiger partial charge >= 0.3 is 6.18 Å². The van der Waals surface area contributed by atoms with Crippen molar-refractivity contribution in [3.8, 4) is 11.5 Å². The summed E-state index contributed by atoms with van der Waals surface area (Å²) < 4.78 is 47.8. The van der Waals surface area contributed by atoms with Crippen LogP contribution in [0.3, 0.4) is 0 Å². The van der Waals surface area contributed by atoms with E-state index in [2.05, 4.69) is 10.1 Å². The minimum absolute atomic E-state index is 0.00762. The zero-order chi connectivity index (χ0) is 19.2. The number of hydrogen-bond acceptors (Lipinski definition) is 3. The first-order chi connectivity index (χ1) is 12.8. The second kappa shape index (κ2) is 6.42.